The van der Waals surface area contributed by atoms with Crippen molar-refractivity contribution in [3.63, 3.8) is 0 Å². The molecule has 0 fully saturated rings. The molecule has 4 heterocycles. The van der Waals surface area contributed by atoms with Crippen LogP contribution in [-0.4, -0.2) is 36.6 Å². The van der Waals surface area contributed by atoms with E-state index in [4.69, 9.17) is 46.4 Å². The van der Waals surface area contributed by atoms with Crippen LogP contribution in [0.3, 0.4) is 0 Å². The van der Waals surface area contributed by atoms with Gasteiger partial charge in [-0.2, -0.15) is 0 Å². The van der Waals surface area contributed by atoms with Gasteiger partial charge in [0, 0.05) is 24.8 Å². The van der Waals surface area contributed by atoms with Gasteiger partial charge in [0.15, 0.2) is 0 Å². The van der Waals surface area contributed by atoms with Gasteiger partial charge in [-0.05, 0) is 51.3 Å². The van der Waals surface area contributed by atoms with Crippen LogP contribution in [0, 0.1) is 0 Å². The molecule has 0 aromatic carbocycles. The second-order valence-electron chi connectivity index (χ2n) is 11.9. The average molecular weight is 767 g/mol. The molecule has 0 unspecified atom stereocenters. The Morgan fingerprint density at radius 2 is 0.822 bits per heavy atom. The van der Waals surface area contributed by atoms with Gasteiger partial charge >= 0.3 is 16.5 Å². The fourth-order valence-electron chi connectivity index (χ4n) is 5.41. The first-order chi connectivity index (χ1) is 20.6. The maximum atomic E-state index is 13.5. The summed E-state index contributed by atoms with van der Waals surface area (Å²) in [6.45, 7) is 15.6. The van der Waals surface area contributed by atoms with Crippen LogP contribution in [0.5, 0.6) is 0 Å². The molecule has 45 heavy (non-hydrogen) atoms. The maximum absolute atomic E-state index is 13.5. The summed E-state index contributed by atoms with van der Waals surface area (Å²) >= 11 is 25.7. The van der Waals surface area contributed by atoms with Gasteiger partial charge in [-0.1, -0.05) is 136 Å². The number of rotatable bonds is 8. The zero-order valence-corrected chi connectivity index (χ0v) is 32.5. The molecule has 4 rings (SSSR count). The predicted molar refractivity (Wildman–Crippen MR) is 186 cm³/mol. The third-order valence-corrected chi connectivity index (χ3v) is 19.3. The van der Waals surface area contributed by atoms with Gasteiger partial charge in [0.1, 0.15) is 11.4 Å². The quantitative estimate of drug-likeness (QED) is 0.172. The Labute approximate surface area is 299 Å². The molecule has 0 N–H and O–H groups in total. The Bertz CT molecular complexity index is 1430. The fourth-order valence-corrected chi connectivity index (χ4v) is 13.9. The van der Waals surface area contributed by atoms with Gasteiger partial charge in [-0.25, -0.2) is 0 Å². The summed E-state index contributed by atoms with van der Waals surface area (Å²) in [4.78, 5) is 44.2. The summed E-state index contributed by atoms with van der Waals surface area (Å²) < 4.78 is 0. The molecule has 0 aliphatic carbocycles. The van der Waals surface area contributed by atoms with E-state index >= 15 is 0 Å². The van der Waals surface area contributed by atoms with Crippen molar-refractivity contribution in [2.24, 2.45) is 0 Å². The summed E-state index contributed by atoms with van der Waals surface area (Å²) in [6.07, 6.45) is 6.56. The molecular formula is C32H38Cl4N4NiO2Si2. The number of aromatic nitrogens is 4. The van der Waals surface area contributed by atoms with E-state index in [9.17, 15) is 9.59 Å². The molecule has 4 aromatic rings. The minimum atomic E-state index is -3.03. The van der Waals surface area contributed by atoms with E-state index in [0.717, 1.165) is 0 Å². The van der Waals surface area contributed by atoms with Crippen LogP contribution in [0.4, 0.5) is 0 Å². The molecule has 0 saturated heterocycles. The molecule has 244 valence electrons. The first kappa shape index (κ1) is 39.8. The Hall–Kier alpha value is -1.39. The molecule has 0 aliphatic heterocycles. The minimum absolute atomic E-state index is 0. The van der Waals surface area contributed by atoms with E-state index in [2.05, 4.69) is 19.9 Å². The van der Waals surface area contributed by atoms with E-state index in [1.807, 2.05) is 91.8 Å². The number of nitrogens with zero attached hydrogens (tertiary/aromatic N) is 4. The van der Waals surface area contributed by atoms with Crippen molar-refractivity contribution >= 4 is 73.4 Å². The zero-order valence-electron chi connectivity index (χ0n) is 26.5. The van der Waals surface area contributed by atoms with Crippen molar-refractivity contribution in [2.75, 3.05) is 0 Å². The van der Waals surface area contributed by atoms with E-state index < -0.39 is 16.6 Å². The van der Waals surface area contributed by atoms with E-state index in [-0.39, 0.29) is 38.7 Å². The van der Waals surface area contributed by atoms with Crippen molar-refractivity contribution in [1.29, 1.82) is 0 Å². The second-order valence-corrected chi connectivity index (χ2v) is 22.3. The van der Waals surface area contributed by atoms with Gasteiger partial charge in [-0.15, -0.1) is 0 Å². The third kappa shape index (κ3) is 8.19. The number of halogens is 4. The van der Waals surface area contributed by atoms with Crippen molar-refractivity contribution < 1.29 is 26.1 Å². The predicted octanol–water partition coefficient (Wildman–Crippen LogP) is 7.56. The Morgan fingerprint density at radius 3 is 1.07 bits per heavy atom. The summed E-state index contributed by atoms with van der Waals surface area (Å²) in [7, 11) is -6.06. The number of hydrogen-bond donors (Lipinski definition) is 0. The summed E-state index contributed by atoms with van der Waals surface area (Å²) in [5.41, 5.74) is 2.33. The largest absolute Gasteiger partial charge is 2.00 e. The van der Waals surface area contributed by atoms with Crippen molar-refractivity contribution in [2.45, 2.75) is 77.6 Å². The van der Waals surface area contributed by atoms with Crippen LogP contribution in [-0.2, 0) is 16.5 Å². The number of hydrogen-bond acceptors (Lipinski definition) is 6. The minimum Gasteiger partial charge on any atom is -0.855 e. The molecule has 0 amide bonds. The van der Waals surface area contributed by atoms with Crippen LogP contribution in [0.1, 0.15) is 55.4 Å². The van der Waals surface area contributed by atoms with Gasteiger partial charge in [0.05, 0.1) is 31.5 Å². The fraction of sp³-hybridized carbons (Fsp3) is 0.375. The van der Waals surface area contributed by atoms with Gasteiger partial charge in [-0.3, -0.25) is 19.9 Å². The van der Waals surface area contributed by atoms with Crippen LogP contribution in [0.25, 0.3) is 22.8 Å². The molecule has 13 heteroatoms. The summed E-state index contributed by atoms with van der Waals surface area (Å²) in [5, 5.41) is 2.47. The smallest absolute Gasteiger partial charge is 0.855 e. The topological polar surface area (TPSA) is 97.7 Å². The van der Waals surface area contributed by atoms with Gasteiger partial charge in [0.2, 0.25) is 0 Å². The molecule has 0 bridgehead atoms. The second kappa shape index (κ2) is 16.6. The van der Waals surface area contributed by atoms with E-state index in [1.54, 1.807) is 24.8 Å². The van der Waals surface area contributed by atoms with Crippen LogP contribution in [0.15, 0.2) is 61.2 Å². The molecular weight excluding hydrogens is 729 g/mol. The standard InChI is InChI=1S/2C16H19Cl2N2OSi.Ni/c2*1-10(2)22(21,11(3)4)13-9-20-16(15(18)14(13)17)12-7-5-6-8-19-12;/h2*5-11H,1-4H3;/q2*-1;+2. The summed E-state index contributed by atoms with van der Waals surface area (Å²) in [5.74, 6) is 0. The average Bonchev–Trinajstić information content (AvgIpc) is 2.99. The summed E-state index contributed by atoms with van der Waals surface area (Å²) in [6, 6.07) is 11.0. The molecule has 6 nitrogen and oxygen atoms in total. The van der Waals surface area contributed by atoms with Crippen molar-refractivity contribution in [3.05, 3.63) is 81.3 Å². The van der Waals surface area contributed by atoms with Crippen LogP contribution >= 0.6 is 46.4 Å². The Kier molecular flexibility index (Phi) is 14.7. The molecule has 0 atom stereocenters. The van der Waals surface area contributed by atoms with Gasteiger partial charge in [0.25, 0.3) is 0 Å². The van der Waals surface area contributed by atoms with E-state index in [1.165, 1.54) is 0 Å². The van der Waals surface area contributed by atoms with Crippen molar-refractivity contribution in [1.82, 2.24) is 19.9 Å². The zero-order chi connectivity index (χ0) is 33.0. The Balaban J connectivity index is 0.000000307. The molecule has 0 radical (unpaired) electrons. The number of pyridine rings is 4. The molecule has 0 saturated carbocycles. The Morgan fingerprint density at radius 1 is 0.511 bits per heavy atom. The molecule has 0 spiro atoms. The van der Waals surface area contributed by atoms with E-state index in [0.29, 0.717) is 53.2 Å². The molecule has 4 aromatic heterocycles. The monoisotopic (exact) mass is 764 g/mol. The van der Waals surface area contributed by atoms with Crippen LogP contribution in [0.2, 0.25) is 42.3 Å². The SMILES string of the molecule is CC(C)[Si]([O-])(c1cnc(-c2ccccn2)c(Cl)c1Cl)C(C)C.CC(C)[Si]([O-])(c1cnc(-c2ccccn2)c(Cl)c1Cl)C(C)C.[Ni+2]. The van der Waals surface area contributed by atoms with Crippen molar-refractivity contribution in [3.8, 4) is 22.8 Å². The normalized spacial score (nSPS) is 12.0. The van der Waals surface area contributed by atoms with Gasteiger partial charge < -0.3 is 9.59 Å². The van der Waals surface area contributed by atoms with Crippen LogP contribution < -0.4 is 20.0 Å². The maximum Gasteiger partial charge on any atom is 2.00 e. The third-order valence-electron chi connectivity index (χ3n) is 8.01. The first-order valence-electron chi connectivity index (χ1n) is 14.5. The molecule has 0 aliphatic rings. The first-order valence-corrected chi connectivity index (χ1v) is 20.2.